The summed E-state index contributed by atoms with van der Waals surface area (Å²) in [5, 5.41) is 1.96. The van der Waals surface area contributed by atoms with Crippen molar-refractivity contribution in [2.45, 2.75) is 5.92 Å². The lowest BCUT2D eigenvalue weighted by Gasteiger charge is -2.16. The molecule has 0 unspecified atom stereocenters. The molecule has 0 aliphatic carbocycles. The zero-order valence-corrected chi connectivity index (χ0v) is 8.34. The summed E-state index contributed by atoms with van der Waals surface area (Å²) in [7, 11) is 0. The van der Waals surface area contributed by atoms with Crippen LogP contribution < -0.4 is 5.32 Å². The summed E-state index contributed by atoms with van der Waals surface area (Å²) in [6.07, 6.45) is 0.891. The highest BCUT2D eigenvalue weighted by molar-refractivity contribution is 5.86. The molecule has 1 N–H and O–H groups in total. The molecule has 5 heteroatoms. The molecule has 0 saturated carbocycles. The van der Waals surface area contributed by atoms with E-state index in [2.05, 4.69) is 6.58 Å². The third kappa shape index (κ3) is 3.12. The SMILES string of the molecule is C=CC(=O)NCC(F)(F)c1cccc(F)c1. The molecule has 0 heterocycles. The maximum Gasteiger partial charge on any atom is 0.290 e. The number of hydrogen-bond acceptors (Lipinski definition) is 1. The molecular formula is C11H10F3NO. The molecular weight excluding hydrogens is 219 g/mol. The third-order valence-electron chi connectivity index (χ3n) is 1.92. The van der Waals surface area contributed by atoms with Gasteiger partial charge in [0.25, 0.3) is 5.92 Å². The number of amides is 1. The Bertz CT molecular complexity index is 404. The van der Waals surface area contributed by atoms with Crippen LogP contribution in [0.25, 0.3) is 0 Å². The number of alkyl halides is 2. The predicted molar refractivity (Wildman–Crippen MR) is 53.5 cm³/mol. The van der Waals surface area contributed by atoms with E-state index in [1.54, 1.807) is 0 Å². The van der Waals surface area contributed by atoms with Crippen molar-refractivity contribution < 1.29 is 18.0 Å². The smallest absolute Gasteiger partial charge is 0.290 e. The van der Waals surface area contributed by atoms with E-state index in [0.717, 1.165) is 24.3 Å². The number of carbonyl (C=O) groups is 1. The Morgan fingerprint density at radius 2 is 2.19 bits per heavy atom. The summed E-state index contributed by atoms with van der Waals surface area (Å²) in [5.41, 5.74) is -0.475. The van der Waals surface area contributed by atoms with Crippen molar-refractivity contribution in [3.8, 4) is 0 Å². The second kappa shape index (κ2) is 4.83. The molecule has 86 valence electrons. The lowest BCUT2D eigenvalue weighted by Crippen LogP contribution is -2.34. The van der Waals surface area contributed by atoms with Crippen LogP contribution in [-0.4, -0.2) is 12.5 Å². The zero-order chi connectivity index (χ0) is 12.2. The van der Waals surface area contributed by atoms with Crippen LogP contribution in [0.4, 0.5) is 13.2 Å². The summed E-state index contributed by atoms with van der Waals surface area (Å²) < 4.78 is 39.6. The highest BCUT2D eigenvalue weighted by Gasteiger charge is 2.31. The predicted octanol–water partition coefficient (Wildman–Crippen LogP) is 2.22. The molecule has 0 atom stereocenters. The first-order chi connectivity index (χ1) is 7.45. The van der Waals surface area contributed by atoms with E-state index < -0.39 is 29.8 Å². The monoisotopic (exact) mass is 229 g/mol. The Kier molecular flexibility index (Phi) is 3.71. The quantitative estimate of drug-likeness (QED) is 0.788. The highest BCUT2D eigenvalue weighted by atomic mass is 19.3. The maximum atomic E-state index is 13.4. The van der Waals surface area contributed by atoms with E-state index >= 15 is 0 Å². The van der Waals surface area contributed by atoms with E-state index in [0.29, 0.717) is 0 Å². The van der Waals surface area contributed by atoms with Crippen molar-refractivity contribution in [2.24, 2.45) is 0 Å². The van der Waals surface area contributed by atoms with E-state index in [1.807, 2.05) is 5.32 Å². The molecule has 0 fully saturated rings. The fraction of sp³-hybridized carbons (Fsp3) is 0.182. The minimum atomic E-state index is -3.30. The van der Waals surface area contributed by atoms with Gasteiger partial charge in [0.1, 0.15) is 5.82 Å². The number of nitrogens with one attached hydrogen (secondary N) is 1. The molecule has 1 aromatic rings. The van der Waals surface area contributed by atoms with Gasteiger partial charge in [0.2, 0.25) is 5.91 Å². The zero-order valence-electron chi connectivity index (χ0n) is 8.34. The number of carbonyl (C=O) groups excluding carboxylic acids is 1. The van der Waals surface area contributed by atoms with Crippen molar-refractivity contribution in [3.05, 3.63) is 48.3 Å². The molecule has 1 rings (SSSR count). The van der Waals surface area contributed by atoms with Crippen molar-refractivity contribution in [2.75, 3.05) is 6.54 Å². The van der Waals surface area contributed by atoms with Gasteiger partial charge < -0.3 is 5.32 Å². The minimum Gasteiger partial charge on any atom is -0.346 e. The fourth-order valence-corrected chi connectivity index (χ4v) is 1.09. The lowest BCUT2D eigenvalue weighted by atomic mass is 10.1. The van der Waals surface area contributed by atoms with Gasteiger partial charge in [-0.15, -0.1) is 0 Å². The minimum absolute atomic E-state index is 0.475. The first-order valence-corrected chi connectivity index (χ1v) is 4.50. The van der Waals surface area contributed by atoms with Crippen LogP contribution in [0.2, 0.25) is 0 Å². The molecule has 0 bridgehead atoms. The Labute approximate surface area is 90.8 Å². The van der Waals surface area contributed by atoms with Crippen LogP contribution >= 0.6 is 0 Å². The van der Waals surface area contributed by atoms with Crippen molar-refractivity contribution >= 4 is 5.91 Å². The van der Waals surface area contributed by atoms with Crippen molar-refractivity contribution in [1.82, 2.24) is 5.32 Å². The van der Waals surface area contributed by atoms with Crippen LogP contribution in [0.15, 0.2) is 36.9 Å². The average Bonchev–Trinajstić information content (AvgIpc) is 2.26. The van der Waals surface area contributed by atoms with Gasteiger partial charge in [-0.3, -0.25) is 4.79 Å². The Balaban J connectivity index is 2.77. The van der Waals surface area contributed by atoms with E-state index in [1.165, 1.54) is 6.07 Å². The van der Waals surface area contributed by atoms with Crippen LogP contribution in [-0.2, 0) is 10.7 Å². The Hall–Kier alpha value is -1.78. The van der Waals surface area contributed by atoms with Crippen molar-refractivity contribution in [3.63, 3.8) is 0 Å². The van der Waals surface area contributed by atoms with Crippen LogP contribution in [0, 0.1) is 5.82 Å². The molecule has 0 spiro atoms. The van der Waals surface area contributed by atoms with Crippen LogP contribution in [0.1, 0.15) is 5.56 Å². The van der Waals surface area contributed by atoms with Gasteiger partial charge in [0.05, 0.1) is 6.54 Å². The summed E-state index contributed by atoms with van der Waals surface area (Å²) in [4.78, 5) is 10.7. The van der Waals surface area contributed by atoms with Crippen LogP contribution in [0.3, 0.4) is 0 Å². The summed E-state index contributed by atoms with van der Waals surface area (Å²) in [6.45, 7) is 2.24. The van der Waals surface area contributed by atoms with Gasteiger partial charge in [-0.1, -0.05) is 18.7 Å². The lowest BCUT2D eigenvalue weighted by molar-refractivity contribution is -0.118. The number of benzene rings is 1. The van der Waals surface area contributed by atoms with E-state index in [4.69, 9.17) is 0 Å². The van der Waals surface area contributed by atoms with Gasteiger partial charge in [-0.05, 0) is 18.2 Å². The second-order valence-corrected chi connectivity index (χ2v) is 3.14. The Morgan fingerprint density at radius 3 is 2.75 bits per heavy atom. The molecule has 0 saturated heterocycles. The average molecular weight is 229 g/mol. The topological polar surface area (TPSA) is 29.1 Å². The van der Waals surface area contributed by atoms with Crippen LogP contribution in [0.5, 0.6) is 0 Å². The summed E-state index contributed by atoms with van der Waals surface area (Å²) in [5.74, 6) is -4.75. The van der Waals surface area contributed by atoms with Gasteiger partial charge in [-0.2, -0.15) is 8.78 Å². The first kappa shape index (κ1) is 12.3. The molecule has 2 nitrogen and oxygen atoms in total. The van der Waals surface area contributed by atoms with Gasteiger partial charge in [0, 0.05) is 5.56 Å². The van der Waals surface area contributed by atoms with Gasteiger partial charge >= 0.3 is 0 Å². The molecule has 0 radical (unpaired) electrons. The molecule has 0 aliphatic rings. The number of rotatable bonds is 4. The molecule has 1 amide bonds. The van der Waals surface area contributed by atoms with E-state index in [9.17, 15) is 18.0 Å². The normalized spacial score (nSPS) is 10.9. The fourth-order valence-electron chi connectivity index (χ4n) is 1.09. The second-order valence-electron chi connectivity index (χ2n) is 3.14. The largest absolute Gasteiger partial charge is 0.346 e. The summed E-state index contributed by atoms with van der Waals surface area (Å²) in [6, 6.07) is 4.10. The maximum absolute atomic E-state index is 13.4. The van der Waals surface area contributed by atoms with Gasteiger partial charge in [-0.25, -0.2) is 4.39 Å². The third-order valence-corrected chi connectivity index (χ3v) is 1.92. The number of halogens is 3. The standard InChI is InChI=1S/C11H10F3NO/c1-2-10(16)15-7-11(13,14)8-4-3-5-9(12)6-8/h2-6H,1,7H2,(H,15,16). The Morgan fingerprint density at radius 1 is 1.50 bits per heavy atom. The molecule has 1 aromatic carbocycles. The van der Waals surface area contributed by atoms with Crippen molar-refractivity contribution in [1.29, 1.82) is 0 Å². The van der Waals surface area contributed by atoms with Gasteiger partial charge in [0.15, 0.2) is 0 Å². The highest BCUT2D eigenvalue weighted by Crippen LogP contribution is 2.27. The number of hydrogen-bond donors (Lipinski definition) is 1. The summed E-state index contributed by atoms with van der Waals surface area (Å²) >= 11 is 0. The molecule has 16 heavy (non-hydrogen) atoms. The molecule has 0 aromatic heterocycles. The molecule has 0 aliphatic heterocycles. The first-order valence-electron chi connectivity index (χ1n) is 4.50. The van der Waals surface area contributed by atoms with E-state index in [-0.39, 0.29) is 0 Å².